The Bertz CT molecular complexity index is 480. The number of rotatable bonds is 7. The van der Waals surface area contributed by atoms with Crippen LogP contribution in [-0.2, 0) is 22.4 Å². The maximum atomic E-state index is 11.9. The van der Waals surface area contributed by atoms with Gasteiger partial charge in [-0.3, -0.25) is 9.59 Å². The van der Waals surface area contributed by atoms with Crippen molar-refractivity contribution in [1.29, 1.82) is 0 Å². The van der Waals surface area contributed by atoms with Gasteiger partial charge >= 0.3 is 5.97 Å². The van der Waals surface area contributed by atoms with E-state index in [2.05, 4.69) is 20.8 Å². The zero-order valence-corrected chi connectivity index (χ0v) is 13.5. The van der Waals surface area contributed by atoms with Gasteiger partial charge in [0.05, 0.1) is 5.92 Å². The molecule has 0 radical (unpaired) electrons. The lowest BCUT2D eigenvalue weighted by Gasteiger charge is -2.16. The summed E-state index contributed by atoms with van der Waals surface area (Å²) in [4.78, 5) is 22.7. The van der Waals surface area contributed by atoms with Crippen molar-refractivity contribution in [2.75, 3.05) is 0 Å². The molecule has 1 N–H and O–H groups in total. The second-order valence-corrected chi connectivity index (χ2v) is 7.04. The maximum Gasteiger partial charge on any atom is 0.306 e. The van der Waals surface area contributed by atoms with Crippen molar-refractivity contribution >= 4 is 11.8 Å². The molecule has 1 aromatic carbocycles. The summed E-state index contributed by atoms with van der Waals surface area (Å²) in [6.45, 7) is 7.93. The zero-order valence-electron chi connectivity index (χ0n) is 13.5. The summed E-state index contributed by atoms with van der Waals surface area (Å²) < 4.78 is 0. The average Bonchev–Trinajstić information content (AvgIpc) is 2.35. The Balaban J connectivity index is 2.48. The molecular formula is C18H26O3. The number of hydrogen-bond donors (Lipinski definition) is 1. The van der Waals surface area contributed by atoms with E-state index in [9.17, 15) is 9.59 Å². The molecule has 0 heterocycles. The fraction of sp³-hybridized carbons (Fsp3) is 0.556. The van der Waals surface area contributed by atoms with Crippen LogP contribution in [0.4, 0.5) is 0 Å². The van der Waals surface area contributed by atoms with Crippen LogP contribution in [-0.4, -0.2) is 16.9 Å². The van der Waals surface area contributed by atoms with Gasteiger partial charge in [0.2, 0.25) is 0 Å². The van der Waals surface area contributed by atoms with E-state index < -0.39 is 5.97 Å². The van der Waals surface area contributed by atoms with E-state index in [0.717, 1.165) is 17.5 Å². The van der Waals surface area contributed by atoms with Gasteiger partial charge in [0.1, 0.15) is 5.78 Å². The van der Waals surface area contributed by atoms with Gasteiger partial charge in [-0.05, 0) is 29.4 Å². The molecule has 1 aromatic rings. The first-order chi connectivity index (χ1) is 9.67. The summed E-state index contributed by atoms with van der Waals surface area (Å²) in [7, 11) is 0. The number of carbonyl (C=O) groups is 2. The van der Waals surface area contributed by atoms with E-state index in [-0.39, 0.29) is 11.3 Å². The minimum atomic E-state index is -0.771. The molecule has 0 spiro atoms. The van der Waals surface area contributed by atoms with Crippen LogP contribution in [0.1, 0.15) is 51.7 Å². The van der Waals surface area contributed by atoms with Crippen LogP contribution in [0.3, 0.4) is 0 Å². The van der Waals surface area contributed by atoms with Gasteiger partial charge in [-0.2, -0.15) is 0 Å². The minimum Gasteiger partial charge on any atom is -0.481 e. The predicted octanol–water partition coefficient (Wildman–Crippen LogP) is 3.89. The van der Waals surface area contributed by atoms with Crippen LogP contribution in [0.15, 0.2) is 24.3 Å². The first-order valence-corrected chi connectivity index (χ1v) is 7.50. The van der Waals surface area contributed by atoms with Crippen molar-refractivity contribution in [3.05, 3.63) is 35.4 Å². The first-order valence-electron chi connectivity index (χ1n) is 7.50. The summed E-state index contributed by atoms with van der Waals surface area (Å²) in [5.74, 6) is -0.845. The Morgan fingerprint density at radius 2 is 1.62 bits per heavy atom. The molecule has 3 nitrogen and oxygen atoms in total. The standard InChI is InChI=1S/C18H26O3/c1-13(17(20)21)11-15-7-5-14(6-8-15)9-10-16(19)12-18(2,3)4/h5-8,13H,9-12H2,1-4H3,(H,20,21)/t13-/m1/s1. The van der Waals surface area contributed by atoms with Gasteiger partial charge < -0.3 is 5.11 Å². The smallest absolute Gasteiger partial charge is 0.306 e. The molecule has 21 heavy (non-hydrogen) atoms. The highest BCUT2D eigenvalue weighted by atomic mass is 16.4. The van der Waals surface area contributed by atoms with Crippen LogP contribution >= 0.6 is 0 Å². The average molecular weight is 290 g/mol. The number of carboxylic acid groups (broad SMARTS) is 1. The lowest BCUT2D eigenvalue weighted by molar-refractivity contribution is -0.141. The molecule has 0 aliphatic heterocycles. The van der Waals surface area contributed by atoms with Crippen molar-refractivity contribution in [3.63, 3.8) is 0 Å². The van der Waals surface area contributed by atoms with Gasteiger partial charge in [0.15, 0.2) is 0 Å². The Labute approximate surface area is 127 Å². The molecule has 0 amide bonds. The molecular weight excluding hydrogens is 264 g/mol. The summed E-state index contributed by atoms with van der Waals surface area (Å²) in [5.41, 5.74) is 2.20. The molecule has 0 fully saturated rings. The lowest BCUT2D eigenvalue weighted by Crippen LogP contribution is -2.13. The molecule has 116 valence electrons. The van der Waals surface area contributed by atoms with Gasteiger partial charge in [0.25, 0.3) is 0 Å². The number of benzene rings is 1. The van der Waals surface area contributed by atoms with E-state index >= 15 is 0 Å². The summed E-state index contributed by atoms with van der Waals surface area (Å²) >= 11 is 0. The summed E-state index contributed by atoms with van der Waals surface area (Å²) in [6, 6.07) is 7.91. The van der Waals surface area contributed by atoms with Crippen LogP contribution in [0.2, 0.25) is 0 Å². The number of aryl methyl sites for hydroxylation is 1. The number of carbonyl (C=O) groups excluding carboxylic acids is 1. The Hall–Kier alpha value is -1.64. The molecule has 0 aromatic heterocycles. The van der Waals surface area contributed by atoms with E-state index in [0.29, 0.717) is 25.0 Å². The second kappa shape index (κ2) is 7.39. The van der Waals surface area contributed by atoms with Gasteiger partial charge in [-0.1, -0.05) is 52.0 Å². The summed E-state index contributed by atoms with van der Waals surface area (Å²) in [6.07, 6.45) is 2.48. The van der Waals surface area contributed by atoms with Crippen molar-refractivity contribution < 1.29 is 14.7 Å². The maximum absolute atomic E-state index is 11.9. The fourth-order valence-corrected chi connectivity index (χ4v) is 2.25. The third kappa shape index (κ3) is 7.07. The molecule has 0 aliphatic rings. The zero-order chi connectivity index (χ0) is 16.0. The normalized spacial score (nSPS) is 13.0. The number of Topliss-reactive ketones (excluding diaryl/α,β-unsaturated/α-hetero) is 1. The van der Waals surface area contributed by atoms with Crippen LogP contribution in [0, 0.1) is 11.3 Å². The molecule has 0 bridgehead atoms. The molecule has 3 heteroatoms. The molecule has 1 atom stereocenters. The number of ketones is 1. The highest BCUT2D eigenvalue weighted by Crippen LogP contribution is 2.20. The highest BCUT2D eigenvalue weighted by molar-refractivity contribution is 5.79. The lowest BCUT2D eigenvalue weighted by atomic mass is 9.88. The molecule has 1 rings (SSSR count). The Kier molecular flexibility index (Phi) is 6.13. The van der Waals surface area contributed by atoms with E-state index in [1.54, 1.807) is 6.92 Å². The van der Waals surface area contributed by atoms with Crippen LogP contribution < -0.4 is 0 Å². The van der Waals surface area contributed by atoms with E-state index in [4.69, 9.17) is 5.11 Å². The number of hydrogen-bond acceptors (Lipinski definition) is 2. The minimum absolute atomic E-state index is 0.0495. The van der Waals surface area contributed by atoms with E-state index in [1.165, 1.54) is 0 Å². The van der Waals surface area contributed by atoms with Gasteiger partial charge in [-0.25, -0.2) is 0 Å². The third-order valence-corrected chi connectivity index (χ3v) is 3.41. The second-order valence-electron chi connectivity index (χ2n) is 7.04. The summed E-state index contributed by atoms with van der Waals surface area (Å²) in [5, 5.41) is 8.90. The third-order valence-electron chi connectivity index (χ3n) is 3.41. The monoisotopic (exact) mass is 290 g/mol. The quantitative estimate of drug-likeness (QED) is 0.829. The number of aliphatic carboxylic acids is 1. The van der Waals surface area contributed by atoms with Crippen LogP contribution in [0.5, 0.6) is 0 Å². The molecule has 0 unspecified atom stereocenters. The topological polar surface area (TPSA) is 54.4 Å². The van der Waals surface area contributed by atoms with Crippen molar-refractivity contribution in [1.82, 2.24) is 0 Å². The van der Waals surface area contributed by atoms with Crippen molar-refractivity contribution in [2.45, 2.75) is 53.4 Å². The van der Waals surface area contributed by atoms with Crippen molar-refractivity contribution in [2.24, 2.45) is 11.3 Å². The van der Waals surface area contributed by atoms with Crippen LogP contribution in [0.25, 0.3) is 0 Å². The Morgan fingerprint density at radius 1 is 1.10 bits per heavy atom. The molecule has 0 saturated heterocycles. The van der Waals surface area contributed by atoms with Gasteiger partial charge in [0, 0.05) is 12.8 Å². The fourth-order valence-electron chi connectivity index (χ4n) is 2.25. The van der Waals surface area contributed by atoms with Gasteiger partial charge in [-0.15, -0.1) is 0 Å². The highest BCUT2D eigenvalue weighted by Gasteiger charge is 2.15. The molecule has 0 aliphatic carbocycles. The number of carboxylic acids is 1. The van der Waals surface area contributed by atoms with Crippen molar-refractivity contribution in [3.8, 4) is 0 Å². The predicted molar refractivity (Wildman–Crippen MR) is 84.3 cm³/mol. The first kappa shape index (κ1) is 17.4. The SMILES string of the molecule is C[C@H](Cc1ccc(CCC(=O)CC(C)(C)C)cc1)C(=O)O. The molecule has 0 saturated carbocycles. The largest absolute Gasteiger partial charge is 0.481 e. The Morgan fingerprint density at radius 3 is 2.10 bits per heavy atom. The van der Waals surface area contributed by atoms with E-state index in [1.807, 2.05) is 24.3 Å².